The van der Waals surface area contributed by atoms with E-state index in [9.17, 15) is 60.0 Å². The van der Waals surface area contributed by atoms with Gasteiger partial charge in [-0.15, -0.1) is 0 Å². The van der Waals surface area contributed by atoms with E-state index in [1.165, 1.54) is 122 Å². The van der Waals surface area contributed by atoms with E-state index in [1.807, 2.05) is 0 Å². The quantitative estimate of drug-likeness (QED) is 0.0404. The van der Waals surface area contributed by atoms with Crippen molar-refractivity contribution in [2.75, 3.05) is 26.9 Å². The smallest absolute Gasteiger partial charge is 0.331 e. The fourth-order valence-electron chi connectivity index (χ4n) is 6.75. The Morgan fingerprint density at radius 1 is 0.551 bits per heavy atom. The van der Waals surface area contributed by atoms with Crippen LogP contribution in [-0.4, -0.2) is 146 Å². The van der Waals surface area contributed by atoms with Crippen LogP contribution in [-0.2, 0) is 52.3 Å². The molecule has 0 unspecified atom stereocenters. The molecule has 2 fully saturated rings. The Kier molecular flexibility index (Phi) is 17.3. The number of hydrogen-bond donors (Lipinski definition) is 8. The van der Waals surface area contributed by atoms with Crippen molar-refractivity contribution in [1.82, 2.24) is 0 Å². The van der Waals surface area contributed by atoms with Gasteiger partial charge in [0.05, 0.1) is 7.11 Å². The summed E-state index contributed by atoms with van der Waals surface area (Å²) in [6.45, 7) is -2.57. The maximum absolute atomic E-state index is 13.5. The fourth-order valence-corrected chi connectivity index (χ4v) is 6.75. The van der Waals surface area contributed by atoms with Gasteiger partial charge in [0.25, 0.3) is 0 Å². The molecule has 20 heteroatoms. The molecule has 364 valence electrons. The molecule has 2 saturated heterocycles. The van der Waals surface area contributed by atoms with E-state index in [-0.39, 0.29) is 28.7 Å². The minimum absolute atomic E-state index is 0.00809. The molecule has 0 amide bonds. The van der Waals surface area contributed by atoms with Gasteiger partial charge in [0.1, 0.15) is 73.7 Å². The Labute approximate surface area is 393 Å². The number of carbonyl (C=O) groups excluding carboxylic acids is 4. The van der Waals surface area contributed by atoms with Crippen molar-refractivity contribution in [3.05, 3.63) is 138 Å². The lowest BCUT2D eigenvalue weighted by atomic mass is 9.98. The molecule has 0 aromatic heterocycles. The first-order valence-electron chi connectivity index (χ1n) is 20.9. The van der Waals surface area contributed by atoms with Crippen molar-refractivity contribution in [1.29, 1.82) is 0 Å². The Balaban J connectivity index is 1.27. The number of benzene rings is 4. The summed E-state index contributed by atoms with van der Waals surface area (Å²) in [6.07, 6.45) is -6.19. The number of rotatable bonds is 18. The van der Waals surface area contributed by atoms with E-state index in [1.54, 1.807) is 0 Å². The predicted octanol–water partition coefficient (Wildman–Crippen LogP) is 2.49. The van der Waals surface area contributed by atoms with Crippen LogP contribution in [0.1, 0.15) is 22.3 Å². The van der Waals surface area contributed by atoms with E-state index >= 15 is 0 Å². The SMILES string of the molecule is COc1cc(C=CC(=O)OC[C@@H]2O[C@H](O[C@@]3(COC(=O)C=Cc4ccc(O)cc4)O[C@H](COC(=O)C=Cc4ccc(O)cc4)[C@@H](O)[C@@H]3OC(=O)C=Cc3ccc(O)cc3)[C@@H](O)[C@H](O)[C@H]2O)ccc1O. The average Bonchev–Trinajstić information content (AvgIpc) is 3.59. The molecule has 20 nitrogen and oxygen atoms in total. The lowest BCUT2D eigenvalue weighted by molar-refractivity contribution is -0.383. The van der Waals surface area contributed by atoms with Crippen LogP contribution >= 0.6 is 0 Å². The number of aromatic hydroxyl groups is 4. The van der Waals surface area contributed by atoms with Crippen molar-refractivity contribution in [3.63, 3.8) is 0 Å². The van der Waals surface area contributed by atoms with Crippen LogP contribution < -0.4 is 4.74 Å². The monoisotopic (exact) mass is 956 g/mol. The zero-order chi connectivity index (χ0) is 49.7. The van der Waals surface area contributed by atoms with Crippen molar-refractivity contribution in [2.45, 2.75) is 54.8 Å². The standard InChI is InChI=1S/C49H48O20/c1-62-36-24-31(8-19-35(36)53)12-22-40(55)63-25-37-43(58)45(60)46(61)48(66-37)69-49(27-65-41(56)21-10-29-4-15-33(51)16-5-29)47(67-42(57)23-11-30-6-17-34(52)18-7-30)44(59)38(68-49)26-64-39(54)20-9-28-2-13-32(50)14-3-28/h2-24,37-38,43-48,50-53,58-61H,25-27H2,1H3/t37-,38+,43-,44+,45+,46-,47-,48+,49+/m0/s1. The van der Waals surface area contributed by atoms with Crippen molar-refractivity contribution >= 4 is 48.2 Å². The molecule has 0 bridgehead atoms. The topological polar surface area (TPSA) is 304 Å². The number of esters is 4. The highest BCUT2D eigenvalue weighted by Crippen LogP contribution is 2.39. The number of carbonyl (C=O) groups is 4. The van der Waals surface area contributed by atoms with Crippen molar-refractivity contribution < 1.29 is 97.9 Å². The zero-order valence-corrected chi connectivity index (χ0v) is 36.5. The molecule has 2 heterocycles. The molecule has 6 rings (SSSR count). The van der Waals surface area contributed by atoms with Gasteiger partial charge in [-0.25, -0.2) is 19.2 Å². The highest BCUT2D eigenvalue weighted by Gasteiger charge is 2.62. The molecule has 2 aliphatic rings. The lowest BCUT2D eigenvalue weighted by Crippen LogP contribution is -2.63. The summed E-state index contributed by atoms with van der Waals surface area (Å²) < 4.78 is 45.0. The van der Waals surface area contributed by atoms with Crippen LogP contribution in [0.2, 0.25) is 0 Å². The summed E-state index contributed by atoms with van der Waals surface area (Å²) in [6, 6.07) is 21.5. The number of methoxy groups -OCH3 is 1. The Hall–Kier alpha value is -7.56. The molecule has 69 heavy (non-hydrogen) atoms. The van der Waals surface area contributed by atoms with Crippen molar-refractivity contribution in [3.8, 4) is 28.7 Å². The zero-order valence-electron chi connectivity index (χ0n) is 36.5. The maximum Gasteiger partial charge on any atom is 0.331 e. The first-order chi connectivity index (χ1) is 33.0. The van der Waals surface area contributed by atoms with Gasteiger partial charge in [0.15, 0.2) is 23.9 Å². The molecule has 2 aliphatic heterocycles. The molecule has 4 aromatic carbocycles. The maximum atomic E-state index is 13.5. The Morgan fingerprint density at radius 3 is 1.51 bits per heavy atom. The highest BCUT2D eigenvalue weighted by atomic mass is 16.8. The van der Waals surface area contributed by atoms with Gasteiger partial charge in [-0.3, -0.25) is 0 Å². The number of hydrogen-bond acceptors (Lipinski definition) is 20. The normalized spacial score (nSPS) is 24.7. The predicted molar refractivity (Wildman–Crippen MR) is 239 cm³/mol. The Bertz CT molecular complexity index is 2520. The van der Waals surface area contributed by atoms with Gasteiger partial charge in [-0.2, -0.15) is 0 Å². The minimum Gasteiger partial charge on any atom is -0.508 e. The van der Waals surface area contributed by atoms with Gasteiger partial charge in [-0.1, -0.05) is 42.5 Å². The van der Waals surface area contributed by atoms with Gasteiger partial charge >= 0.3 is 23.9 Å². The van der Waals surface area contributed by atoms with E-state index in [0.29, 0.717) is 22.3 Å². The van der Waals surface area contributed by atoms with Crippen LogP contribution in [0.3, 0.4) is 0 Å². The summed E-state index contributed by atoms with van der Waals surface area (Å²) in [5, 5.41) is 83.7. The molecule has 0 saturated carbocycles. The number of aliphatic hydroxyl groups excluding tert-OH is 4. The fraction of sp³-hybridized carbons (Fsp3) is 0.265. The van der Waals surface area contributed by atoms with E-state index < -0.39 is 98.5 Å². The van der Waals surface area contributed by atoms with Gasteiger partial charge < -0.3 is 78.7 Å². The van der Waals surface area contributed by atoms with Crippen LogP contribution in [0.25, 0.3) is 24.3 Å². The first-order valence-corrected chi connectivity index (χ1v) is 20.9. The van der Waals surface area contributed by atoms with Crippen molar-refractivity contribution in [2.24, 2.45) is 0 Å². The van der Waals surface area contributed by atoms with Gasteiger partial charge in [0.2, 0.25) is 5.79 Å². The largest absolute Gasteiger partial charge is 0.508 e. The minimum atomic E-state index is -2.69. The molecule has 0 radical (unpaired) electrons. The number of phenolic OH excluding ortho intramolecular Hbond substituents is 4. The summed E-state index contributed by atoms with van der Waals surface area (Å²) in [5.41, 5.74) is 1.85. The molecular formula is C49H48O20. The van der Waals surface area contributed by atoms with Crippen LogP contribution in [0.15, 0.2) is 115 Å². The van der Waals surface area contributed by atoms with Crippen LogP contribution in [0, 0.1) is 0 Å². The Morgan fingerprint density at radius 2 is 1.00 bits per heavy atom. The third kappa shape index (κ3) is 14.0. The summed E-state index contributed by atoms with van der Waals surface area (Å²) in [7, 11) is 1.34. The second-order valence-corrected chi connectivity index (χ2v) is 15.4. The molecular weight excluding hydrogens is 909 g/mol. The second-order valence-electron chi connectivity index (χ2n) is 15.4. The third-order valence-corrected chi connectivity index (χ3v) is 10.4. The summed E-state index contributed by atoms with van der Waals surface area (Å²) in [5.74, 6) is -6.87. The highest BCUT2D eigenvalue weighted by molar-refractivity contribution is 5.89. The van der Waals surface area contributed by atoms with E-state index in [2.05, 4.69) is 0 Å². The summed E-state index contributed by atoms with van der Waals surface area (Å²) in [4.78, 5) is 52.4. The molecule has 0 aliphatic carbocycles. The molecule has 4 aromatic rings. The second kappa shape index (κ2) is 23.4. The van der Waals surface area contributed by atoms with Crippen LogP contribution in [0.4, 0.5) is 0 Å². The molecule has 0 spiro atoms. The van der Waals surface area contributed by atoms with E-state index in [0.717, 1.165) is 24.3 Å². The van der Waals surface area contributed by atoms with Crippen LogP contribution in [0.5, 0.6) is 28.7 Å². The van der Waals surface area contributed by atoms with Gasteiger partial charge in [-0.05, 0) is 95.1 Å². The number of aliphatic hydroxyl groups is 4. The van der Waals surface area contributed by atoms with Gasteiger partial charge in [0, 0.05) is 24.3 Å². The average molecular weight is 957 g/mol. The third-order valence-electron chi connectivity index (χ3n) is 10.4. The summed E-state index contributed by atoms with van der Waals surface area (Å²) >= 11 is 0. The number of phenols is 4. The first kappa shape index (κ1) is 50.8. The number of ether oxygens (including phenoxy) is 8. The van der Waals surface area contributed by atoms with E-state index in [4.69, 9.17) is 37.9 Å². The molecule has 8 N–H and O–H groups in total. The lowest BCUT2D eigenvalue weighted by Gasteiger charge is -2.43. The molecule has 9 atom stereocenters.